The number of benzene rings is 2. The van der Waals surface area contributed by atoms with Crippen LogP contribution in [0.3, 0.4) is 0 Å². The van der Waals surface area contributed by atoms with Gasteiger partial charge in [0.15, 0.2) is 0 Å². The molecule has 0 aliphatic carbocycles. The molecule has 1 aromatic heterocycles. The number of sulfonamides is 1. The molecule has 0 bridgehead atoms. The summed E-state index contributed by atoms with van der Waals surface area (Å²) in [7, 11) is -0.689. The van der Waals surface area contributed by atoms with Crippen molar-refractivity contribution in [1.82, 2.24) is 4.57 Å². The van der Waals surface area contributed by atoms with Gasteiger partial charge in [0.25, 0.3) is 0 Å². The number of ether oxygens (including phenoxy) is 1. The summed E-state index contributed by atoms with van der Waals surface area (Å²) in [5, 5.41) is 16.6. The predicted octanol–water partition coefficient (Wildman–Crippen LogP) is 2.29. The smallest absolute Gasteiger partial charge is 0.212 e. The van der Waals surface area contributed by atoms with Crippen molar-refractivity contribution in [2.45, 2.75) is 18.9 Å². The van der Waals surface area contributed by atoms with Crippen molar-refractivity contribution in [3.63, 3.8) is 0 Å². The minimum absolute atomic E-state index is 0.0290. The average Bonchev–Trinajstić information content (AvgIpc) is 3.06. The Kier molecular flexibility index (Phi) is 6.35. The summed E-state index contributed by atoms with van der Waals surface area (Å²) in [6.45, 7) is 1.83. The van der Waals surface area contributed by atoms with E-state index in [9.17, 15) is 18.3 Å². The van der Waals surface area contributed by atoms with Crippen LogP contribution in [-0.2, 0) is 29.1 Å². The molecule has 0 fully saturated rings. The van der Waals surface area contributed by atoms with Gasteiger partial charge in [-0.25, -0.2) is 13.6 Å². The van der Waals surface area contributed by atoms with Crippen molar-refractivity contribution in [3.05, 3.63) is 88.7 Å². The van der Waals surface area contributed by atoms with Gasteiger partial charge in [0.1, 0.15) is 11.4 Å². The molecule has 0 spiro atoms. The molecule has 0 saturated heterocycles. The van der Waals surface area contributed by atoms with Crippen LogP contribution in [0.2, 0.25) is 0 Å². The number of nitrogens with two attached hydrogens (primary N) is 1. The van der Waals surface area contributed by atoms with Crippen LogP contribution in [0.4, 0.5) is 0 Å². The van der Waals surface area contributed by atoms with Gasteiger partial charge < -0.3 is 14.4 Å². The third-order valence-corrected chi connectivity index (χ3v) is 6.24. The van der Waals surface area contributed by atoms with E-state index in [-0.39, 0.29) is 12.2 Å². The molecule has 0 aliphatic rings. The molecule has 164 valence electrons. The van der Waals surface area contributed by atoms with Gasteiger partial charge >= 0.3 is 0 Å². The van der Waals surface area contributed by atoms with Crippen LogP contribution in [0.5, 0.6) is 5.75 Å². The van der Waals surface area contributed by atoms with Gasteiger partial charge in [-0.3, -0.25) is 4.79 Å². The molecule has 1 atom stereocenters. The molecular weight excluding hydrogens is 416 g/mol. The Morgan fingerprint density at radius 3 is 2.39 bits per heavy atom. The van der Waals surface area contributed by atoms with Gasteiger partial charge in [-0.2, -0.15) is 0 Å². The molecule has 7 nitrogen and oxygen atoms in total. The zero-order chi connectivity index (χ0) is 22.8. The monoisotopic (exact) mass is 442 g/mol. The van der Waals surface area contributed by atoms with Crippen molar-refractivity contribution in [2.24, 2.45) is 12.2 Å². The quantitative estimate of drug-likeness (QED) is 0.520. The summed E-state index contributed by atoms with van der Waals surface area (Å²) < 4.78 is 30.5. The molecular formula is C23H26N2O5S. The van der Waals surface area contributed by atoms with Gasteiger partial charge in [0.2, 0.25) is 15.8 Å². The Labute approximate surface area is 182 Å². The number of carbonyl (C=O) groups excluding carboxylic acids is 1. The number of hydrogen-bond donors (Lipinski definition) is 2. The number of aliphatic hydroxyl groups is 1. The lowest BCUT2D eigenvalue weighted by Gasteiger charge is -2.28. The Morgan fingerprint density at radius 2 is 1.81 bits per heavy atom. The number of carbonyl (C=O) groups is 1. The maximum absolute atomic E-state index is 13.1. The molecule has 3 N–H and O–H groups in total. The lowest BCUT2D eigenvalue weighted by Crippen LogP contribution is -2.39. The van der Waals surface area contributed by atoms with Gasteiger partial charge in [0.05, 0.1) is 18.6 Å². The molecule has 1 heterocycles. The first kappa shape index (κ1) is 22.7. The molecule has 0 amide bonds. The Bertz CT molecular complexity index is 1200. The first-order valence-corrected chi connectivity index (χ1v) is 11.4. The largest absolute Gasteiger partial charge is 0.497 e. The summed E-state index contributed by atoms with van der Waals surface area (Å²) in [5.41, 5.74) is 1.04. The van der Waals surface area contributed by atoms with E-state index >= 15 is 0 Å². The van der Waals surface area contributed by atoms with Crippen LogP contribution in [-0.4, -0.2) is 36.7 Å². The van der Waals surface area contributed by atoms with E-state index in [0.29, 0.717) is 28.3 Å². The number of ketones is 1. The second-order valence-electron chi connectivity index (χ2n) is 7.66. The van der Waals surface area contributed by atoms with E-state index in [4.69, 9.17) is 9.88 Å². The molecule has 31 heavy (non-hydrogen) atoms. The molecule has 3 rings (SSSR count). The third kappa shape index (κ3) is 5.04. The summed E-state index contributed by atoms with van der Waals surface area (Å²) in [6.07, 6.45) is -0.0290. The van der Waals surface area contributed by atoms with Gasteiger partial charge in [-0.05, 0) is 48.4 Å². The highest BCUT2D eigenvalue weighted by molar-refractivity contribution is 7.89. The normalized spacial score (nSPS) is 13.6. The van der Waals surface area contributed by atoms with Gasteiger partial charge in [-0.15, -0.1) is 0 Å². The summed E-state index contributed by atoms with van der Waals surface area (Å²) >= 11 is 0. The molecule has 1 unspecified atom stereocenters. The molecule has 3 aromatic rings. The fraction of sp³-hybridized carbons (Fsp3) is 0.261. The zero-order valence-electron chi connectivity index (χ0n) is 17.7. The molecule has 0 saturated carbocycles. The fourth-order valence-corrected chi connectivity index (χ4v) is 4.67. The van der Waals surface area contributed by atoms with E-state index in [1.54, 1.807) is 79.4 Å². The lowest BCUT2D eigenvalue weighted by atomic mass is 9.91. The number of nitrogens with zero attached hydrogens (tertiary/aromatic N) is 1. The molecule has 0 radical (unpaired) electrons. The number of methoxy groups -OCH3 is 1. The highest BCUT2D eigenvalue weighted by Gasteiger charge is 2.35. The Morgan fingerprint density at radius 1 is 1.13 bits per heavy atom. The first-order chi connectivity index (χ1) is 14.5. The number of aromatic nitrogens is 1. The second-order valence-corrected chi connectivity index (χ2v) is 9.27. The van der Waals surface area contributed by atoms with Crippen molar-refractivity contribution in [1.29, 1.82) is 0 Å². The van der Waals surface area contributed by atoms with Crippen molar-refractivity contribution < 1.29 is 23.1 Å². The number of rotatable bonds is 8. The Balaban J connectivity index is 1.97. The predicted molar refractivity (Wildman–Crippen MR) is 119 cm³/mol. The number of primary sulfonamides is 1. The number of hydrogen-bond acceptors (Lipinski definition) is 5. The molecule has 8 heteroatoms. The van der Waals surface area contributed by atoms with Crippen LogP contribution in [0.15, 0.2) is 60.7 Å². The van der Waals surface area contributed by atoms with Crippen molar-refractivity contribution in [3.8, 4) is 5.75 Å². The fourth-order valence-electron chi connectivity index (χ4n) is 3.73. The van der Waals surface area contributed by atoms with Gasteiger partial charge in [-0.1, -0.05) is 30.3 Å². The van der Waals surface area contributed by atoms with E-state index in [1.165, 1.54) is 0 Å². The maximum atomic E-state index is 13.1. The molecule has 0 aliphatic heterocycles. The van der Waals surface area contributed by atoms with Gasteiger partial charge in [0, 0.05) is 24.7 Å². The standard InChI is InChI=1S/C23H26N2O5S/c1-16-13-19(30-3)10-11-20(16)22(26)21-12-9-18(25(21)2)14-23(27,15-31(24,28)29)17-7-5-4-6-8-17/h4-13,27H,14-15H2,1-3H3,(H2,24,28,29). The lowest BCUT2D eigenvalue weighted by molar-refractivity contribution is 0.0592. The minimum Gasteiger partial charge on any atom is -0.497 e. The maximum Gasteiger partial charge on any atom is 0.212 e. The Hall–Kier alpha value is -2.94. The summed E-state index contributed by atoms with van der Waals surface area (Å²) in [4.78, 5) is 13.1. The zero-order valence-corrected chi connectivity index (χ0v) is 18.5. The highest BCUT2D eigenvalue weighted by atomic mass is 32.2. The first-order valence-electron chi connectivity index (χ1n) is 9.66. The topological polar surface area (TPSA) is 112 Å². The van der Waals surface area contributed by atoms with Crippen LogP contribution in [0.25, 0.3) is 0 Å². The summed E-state index contributed by atoms with van der Waals surface area (Å²) in [5.74, 6) is -0.156. The van der Waals surface area contributed by atoms with Crippen molar-refractivity contribution >= 4 is 15.8 Å². The van der Waals surface area contributed by atoms with Crippen LogP contribution >= 0.6 is 0 Å². The van der Waals surface area contributed by atoms with E-state index in [0.717, 1.165) is 5.56 Å². The van der Waals surface area contributed by atoms with Crippen LogP contribution < -0.4 is 9.88 Å². The SMILES string of the molecule is COc1ccc(C(=O)c2ccc(CC(O)(CS(N)(=O)=O)c3ccccc3)n2C)c(C)c1. The van der Waals surface area contributed by atoms with Crippen LogP contribution in [0.1, 0.15) is 32.9 Å². The highest BCUT2D eigenvalue weighted by Crippen LogP contribution is 2.29. The van der Waals surface area contributed by atoms with E-state index < -0.39 is 21.4 Å². The second kappa shape index (κ2) is 8.66. The van der Waals surface area contributed by atoms with E-state index in [2.05, 4.69) is 0 Å². The minimum atomic E-state index is -3.97. The summed E-state index contributed by atoms with van der Waals surface area (Å²) in [6, 6.07) is 17.1. The van der Waals surface area contributed by atoms with Crippen molar-refractivity contribution in [2.75, 3.05) is 12.9 Å². The van der Waals surface area contributed by atoms with Crippen LogP contribution in [0, 0.1) is 6.92 Å². The van der Waals surface area contributed by atoms with E-state index in [1.807, 2.05) is 6.92 Å². The third-order valence-electron chi connectivity index (χ3n) is 5.36. The average molecular weight is 443 g/mol. The molecule has 2 aromatic carbocycles. The number of aryl methyl sites for hydroxylation is 1.